The molecule has 6 heteroatoms. The third-order valence-corrected chi connectivity index (χ3v) is 6.27. The highest BCUT2D eigenvalue weighted by molar-refractivity contribution is 6.26. The van der Waals surface area contributed by atoms with Gasteiger partial charge in [0, 0.05) is 6.07 Å². The van der Waals surface area contributed by atoms with Gasteiger partial charge in [-0.2, -0.15) is 0 Å². The summed E-state index contributed by atoms with van der Waals surface area (Å²) in [5.41, 5.74) is 2.48. The van der Waals surface area contributed by atoms with Gasteiger partial charge in [0.05, 0.1) is 29.6 Å². The molecule has 1 aliphatic carbocycles. The van der Waals surface area contributed by atoms with Crippen LogP contribution < -0.4 is 4.74 Å². The fourth-order valence-corrected chi connectivity index (χ4v) is 5.13. The molecule has 29 heavy (non-hydrogen) atoms. The maximum Gasteiger partial charge on any atom is 0.173 e. The molecule has 2 bridgehead atoms. The predicted octanol–water partition coefficient (Wildman–Crippen LogP) is 5.02. The Kier molecular flexibility index (Phi) is 4.03. The van der Waals surface area contributed by atoms with E-state index in [9.17, 15) is 18.7 Å². The van der Waals surface area contributed by atoms with Crippen molar-refractivity contribution in [3.8, 4) is 11.5 Å². The van der Waals surface area contributed by atoms with Gasteiger partial charge in [-0.25, -0.2) is 8.78 Å². The van der Waals surface area contributed by atoms with Crippen molar-refractivity contribution < 1.29 is 28.2 Å². The topological polar surface area (TPSA) is 55.8 Å². The number of fused-ring (bicyclic) bond motifs is 5. The highest BCUT2D eigenvalue weighted by Gasteiger charge is 2.59. The summed E-state index contributed by atoms with van der Waals surface area (Å²) in [4.78, 5) is 13.1. The molecular formula is C23H20F2O4. The van der Waals surface area contributed by atoms with E-state index in [1.807, 2.05) is 13.8 Å². The second-order valence-electron chi connectivity index (χ2n) is 8.08. The Hall–Kier alpha value is -2.73. The predicted molar refractivity (Wildman–Crippen MR) is 102 cm³/mol. The highest BCUT2D eigenvalue weighted by atomic mass is 19.1. The van der Waals surface area contributed by atoms with Crippen molar-refractivity contribution in [1.82, 2.24) is 0 Å². The molecule has 150 valence electrons. The molecule has 1 N–H and O–H groups in total. The minimum absolute atomic E-state index is 0.0734. The summed E-state index contributed by atoms with van der Waals surface area (Å²) >= 11 is 0. The monoisotopic (exact) mass is 398 g/mol. The molecule has 2 aliphatic heterocycles. The normalized spacial score (nSPS) is 27.7. The van der Waals surface area contributed by atoms with Gasteiger partial charge in [0.2, 0.25) is 0 Å². The van der Waals surface area contributed by atoms with E-state index in [2.05, 4.69) is 0 Å². The second-order valence-corrected chi connectivity index (χ2v) is 8.08. The van der Waals surface area contributed by atoms with E-state index in [1.165, 1.54) is 0 Å². The molecule has 0 unspecified atom stereocenters. The van der Waals surface area contributed by atoms with E-state index in [1.54, 1.807) is 12.1 Å². The van der Waals surface area contributed by atoms with Crippen molar-refractivity contribution >= 4 is 11.4 Å². The van der Waals surface area contributed by atoms with Crippen LogP contribution in [-0.2, 0) is 9.53 Å². The van der Waals surface area contributed by atoms with Crippen LogP contribution in [0.25, 0.3) is 5.57 Å². The molecule has 2 aromatic carbocycles. The maximum atomic E-state index is 13.9. The molecule has 2 saturated heterocycles. The molecular weight excluding hydrogens is 378 g/mol. The number of carbonyl (C=O) groups excluding carboxylic acids is 1. The Bertz CT molecular complexity index is 1050. The van der Waals surface area contributed by atoms with Gasteiger partial charge in [-0.15, -0.1) is 0 Å². The zero-order valence-electron chi connectivity index (χ0n) is 16.0. The molecule has 0 spiro atoms. The molecule has 0 aromatic heterocycles. The van der Waals surface area contributed by atoms with Gasteiger partial charge in [-0.1, -0.05) is 0 Å². The fourth-order valence-electron chi connectivity index (χ4n) is 5.13. The lowest BCUT2D eigenvalue weighted by molar-refractivity contribution is -0.118. The first-order valence-electron chi connectivity index (χ1n) is 9.72. The Morgan fingerprint density at radius 3 is 2.34 bits per heavy atom. The number of Topliss-reactive ketones (excluding diaryl/α,β-unsaturated/α-hetero) is 1. The van der Waals surface area contributed by atoms with Crippen LogP contribution in [0.1, 0.15) is 29.5 Å². The summed E-state index contributed by atoms with van der Waals surface area (Å²) in [6.45, 7) is 3.62. The van der Waals surface area contributed by atoms with Crippen molar-refractivity contribution in [2.24, 2.45) is 11.8 Å². The lowest BCUT2D eigenvalue weighted by Gasteiger charge is -2.19. The van der Waals surface area contributed by atoms with Crippen molar-refractivity contribution in [3.63, 3.8) is 0 Å². The van der Waals surface area contributed by atoms with Crippen molar-refractivity contribution in [2.45, 2.75) is 38.9 Å². The first-order valence-corrected chi connectivity index (χ1v) is 9.72. The Morgan fingerprint density at radius 2 is 1.69 bits per heavy atom. The molecule has 4 atom stereocenters. The number of aliphatic hydroxyl groups is 1. The first-order chi connectivity index (χ1) is 13.8. The zero-order chi connectivity index (χ0) is 20.4. The molecule has 2 aromatic rings. The van der Waals surface area contributed by atoms with E-state index in [4.69, 9.17) is 9.47 Å². The number of ketones is 1. The summed E-state index contributed by atoms with van der Waals surface area (Å²) < 4.78 is 38.7. The van der Waals surface area contributed by atoms with Crippen LogP contribution in [0.5, 0.6) is 11.5 Å². The fraction of sp³-hybridized carbons (Fsp3) is 0.348. The summed E-state index contributed by atoms with van der Waals surface area (Å²) in [5, 5.41) is 10.9. The molecule has 2 heterocycles. The number of allylic oxidation sites excluding steroid dienone is 1. The minimum atomic E-state index is -0.666. The van der Waals surface area contributed by atoms with E-state index >= 15 is 0 Å². The van der Waals surface area contributed by atoms with E-state index in [0.717, 1.165) is 42.2 Å². The third kappa shape index (κ3) is 2.69. The van der Waals surface area contributed by atoms with Crippen molar-refractivity contribution in [3.05, 3.63) is 64.4 Å². The Balaban J connectivity index is 1.52. The number of ether oxygens (including phenoxy) is 2. The number of carbonyl (C=O) groups is 1. The van der Waals surface area contributed by atoms with Crippen LogP contribution in [0, 0.1) is 37.3 Å². The molecule has 0 radical (unpaired) electrons. The standard InChI is InChI=1S/C23H20F2O4/c1-10-7-13(28-17-9-12(24)3-4-14(17)25)8-11(2)18(10)21-22(26)19-15-5-6-16(29-15)20(19)23(21)27/h3-4,7-9,15-16,19-20,26H,5-6H2,1-2H3/t15-,16+,19-,20+/m1/s1. The van der Waals surface area contributed by atoms with Gasteiger partial charge >= 0.3 is 0 Å². The average molecular weight is 398 g/mol. The largest absolute Gasteiger partial charge is 0.511 e. The average Bonchev–Trinajstić information content (AvgIpc) is 3.34. The summed E-state index contributed by atoms with van der Waals surface area (Å²) in [7, 11) is 0. The quantitative estimate of drug-likeness (QED) is 0.789. The number of benzene rings is 2. The van der Waals surface area contributed by atoms with Crippen LogP contribution in [0.3, 0.4) is 0 Å². The summed E-state index contributed by atoms with van der Waals surface area (Å²) in [5.74, 6) is -1.66. The number of halogens is 2. The van der Waals surface area contributed by atoms with Gasteiger partial charge in [-0.05, 0) is 67.6 Å². The van der Waals surface area contributed by atoms with Gasteiger partial charge in [0.15, 0.2) is 17.3 Å². The summed E-state index contributed by atoms with van der Waals surface area (Å²) in [6.07, 6.45) is 1.50. The van der Waals surface area contributed by atoms with E-state index in [0.29, 0.717) is 16.9 Å². The number of aliphatic hydroxyl groups excluding tert-OH is 1. The van der Waals surface area contributed by atoms with Crippen LogP contribution in [0.4, 0.5) is 8.78 Å². The number of hydrogen-bond acceptors (Lipinski definition) is 4. The molecule has 3 aliphatic rings. The third-order valence-electron chi connectivity index (χ3n) is 6.27. The molecule has 5 rings (SSSR count). The minimum Gasteiger partial charge on any atom is -0.511 e. The number of hydrogen-bond donors (Lipinski definition) is 1. The SMILES string of the molecule is Cc1cc(Oc2cc(F)ccc2F)cc(C)c1C1=C(O)[C@H]2[C@@H](C1=O)[C@@H]1CC[C@H]2O1. The lowest BCUT2D eigenvalue weighted by atomic mass is 9.80. The van der Waals surface area contributed by atoms with E-state index < -0.39 is 11.6 Å². The zero-order valence-corrected chi connectivity index (χ0v) is 16.0. The van der Waals surface area contributed by atoms with Crippen molar-refractivity contribution in [2.75, 3.05) is 0 Å². The van der Waals surface area contributed by atoms with Crippen LogP contribution in [-0.4, -0.2) is 23.1 Å². The smallest absolute Gasteiger partial charge is 0.173 e. The second kappa shape index (κ2) is 6.39. The summed E-state index contributed by atoms with van der Waals surface area (Å²) in [6, 6.07) is 6.35. The van der Waals surface area contributed by atoms with Crippen LogP contribution in [0.2, 0.25) is 0 Å². The Morgan fingerprint density at radius 1 is 1.03 bits per heavy atom. The van der Waals surface area contributed by atoms with Gasteiger partial charge in [0.1, 0.15) is 17.3 Å². The Labute approximate surface area is 166 Å². The van der Waals surface area contributed by atoms with Crippen LogP contribution in [0.15, 0.2) is 36.1 Å². The van der Waals surface area contributed by atoms with Crippen molar-refractivity contribution in [1.29, 1.82) is 0 Å². The molecule has 0 amide bonds. The maximum absolute atomic E-state index is 13.9. The first kappa shape index (κ1) is 18.3. The molecule has 0 saturated carbocycles. The van der Waals surface area contributed by atoms with Gasteiger partial charge in [-0.3, -0.25) is 4.79 Å². The van der Waals surface area contributed by atoms with Crippen LogP contribution >= 0.6 is 0 Å². The molecule has 4 nitrogen and oxygen atoms in total. The van der Waals surface area contributed by atoms with Gasteiger partial charge < -0.3 is 14.6 Å². The number of aryl methyl sites for hydroxylation is 2. The van der Waals surface area contributed by atoms with E-state index in [-0.39, 0.29) is 41.3 Å². The lowest BCUT2D eigenvalue weighted by Crippen LogP contribution is -2.29. The number of rotatable bonds is 3. The molecule has 2 fully saturated rings. The highest BCUT2D eigenvalue weighted by Crippen LogP contribution is 2.54. The van der Waals surface area contributed by atoms with Gasteiger partial charge in [0.25, 0.3) is 0 Å².